The molecule has 0 bridgehead atoms. The number of amides is 2. The summed E-state index contributed by atoms with van der Waals surface area (Å²) in [6.45, 7) is 3.64. The number of hydrogen-bond donors (Lipinski definition) is 2. The second-order valence-corrected chi connectivity index (χ2v) is 10.7. The number of hydrogen-bond acceptors (Lipinski definition) is 6. The molecule has 1 atom stereocenters. The molecule has 1 saturated heterocycles. The van der Waals surface area contributed by atoms with Crippen LogP contribution in [0.5, 0.6) is 11.5 Å². The number of rotatable bonds is 10. The Morgan fingerprint density at radius 2 is 1.74 bits per heavy atom. The van der Waals surface area contributed by atoms with Crippen molar-refractivity contribution in [1.82, 2.24) is 5.01 Å². The summed E-state index contributed by atoms with van der Waals surface area (Å²) in [5.41, 5.74) is 1.41. The van der Waals surface area contributed by atoms with E-state index < -0.39 is 18.1 Å². The van der Waals surface area contributed by atoms with Gasteiger partial charge < -0.3 is 20.1 Å². The zero-order chi connectivity index (χ0) is 27.3. The highest BCUT2D eigenvalue weighted by atomic mass is 19.3. The third-order valence-corrected chi connectivity index (χ3v) is 6.33. The van der Waals surface area contributed by atoms with E-state index in [1.54, 1.807) is 47.6 Å². The van der Waals surface area contributed by atoms with Gasteiger partial charge in [-0.25, -0.2) is 0 Å². The van der Waals surface area contributed by atoms with Gasteiger partial charge >= 0.3 is 6.61 Å². The molecule has 1 aliphatic carbocycles. The Hall–Kier alpha value is -3.69. The first kappa shape index (κ1) is 27.3. The Balaban J connectivity index is 1.37. The minimum absolute atomic E-state index is 0.0137. The highest BCUT2D eigenvalue weighted by Gasteiger charge is 2.30. The third-order valence-electron chi connectivity index (χ3n) is 6.33. The number of anilines is 2. The van der Waals surface area contributed by atoms with Crippen LogP contribution < -0.4 is 20.1 Å². The molecular weight excluding hydrogens is 494 g/mol. The molecule has 0 unspecified atom stereocenters. The van der Waals surface area contributed by atoms with E-state index in [-0.39, 0.29) is 23.3 Å². The Labute approximate surface area is 221 Å². The van der Waals surface area contributed by atoms with Gasteiger partial charge in [0.25, 0.3) is 0 Å². The maximum atomic E-state index is 13.0. The predicted molar refractivity (Wildman–Crippen MR) is 142 cm³/mol. The second kappa shape index (κ2) is 11.8. The van der Waals surface area contributed by atoms with Gasteiger partial charge in [-0.15, -0.1) is 0 Å². The number of benzene rings is 2. The van der Waals surface area contributed by atoms with Crippen molar-refractivity contribution in [3.63, 3.8) is 0 Å². The first-order valence-electron chi connectivity index (χ1n) is 12.8. The third kappa shape index (κ3) is 7.66. The highest BCUT2D eigenvalue weighted by molar-refractivity contribution is 5.96. The van der Waals surface area contributed by atoms with Gasteiger partial charge in [0, 0.05) is 23.3 Å². The number of carbonyl (C=O) groups excluding carboxylic acids is 2. The zero-order valence-corrected chi connectivity index (χ0v) is 21.9. The fraction of sp³-hybridized carbons (Fsp3) is 0.464. The van der Waals surface area contributed by atoms with Crippen LogP contribution in [0.1, 0.15) is 52.0 Å². The van der Waals surface area contributed by atoms with Crippen LogP contribution in [0.4, 0.5) is 20.2 Å². The number of ether oxygens (including phenoxy) is 2. The van der Waals surface area contributed by atoms with Crippen LogP contribution in [0.2, 0.25) is 0 Å². The molecule has 2 aromatic rings. The van der Waals surface area contributed by atoms with E-state index >= 15 is 0 Å². The lowest BCUT2D eigenvalue weighted by atomic mass is 9.95. The van der Waals surface area contributed by atoms with Gasteiger partial charge in [-0.3, -0.25) is 14.6 Å². The Morgan fingerprint density at radius 1 is 1.05 bits per heavy atom. The van der Waals surface area contributed by atoms with Gasteiger partial charge in [0.15, 0.2) is 11.5 Å². The molecule has 2 aromatic carbocycles. The molecule has 8 nitrogen and oxygen atoms in total. The summed E-state index contributed by atoms with van der Waals surface area (Å²) in [6.07, 6.45) is 5.20. The molecule has 204 valence electrons. The van der Waals surface area contributed by atoms with Crippen LogP contribution in [-0.4, -0.2) is 48.8 Å². The Bertz CT molecular complexity index is 1160. The highest BCUT2D eigenvalue weighted by Crippen LogP contribution is 2.34. The number of carbonyl (C=O) groups is 2. The van der Waals surface area contributed by atoms with Crippen LogP contribution in [-0.2, 0) is 9.59 Å². The van der Waals surface area contributed by atoms with E-state index in [9.17, 15) is 18.4 Å². The zero-order valence-electron chi connectivity index (χ0n) is 21.9. The Kier molecular flexibility index (Phi) is 8.48. The maximum Gasteiger partial charge on any atom is 0.387 e. The minimum Gasteiger partial charge on any atom is -0.489 e. The molecule has 2 N–H and O–H groups in total. The van der Waals surface area contributed by atoms with Gasteiger partial charge in [0.05, 0.1) is 12.8 Å². The number of hydrazone groups is 1. The van der Waals surface area contributed by atoms with Crippen molar-refractivity contribution in [2.75, 3.05) is 23.8 Å². The lowest BCUT2D eigenvalue weighted by Gasteiger charge is -2.21. The first-order valence-corrected chi connectivity index (χ1v) is 12.8. The van der Waals surface area contributed by atoms with E-state index in [2.05, 4.69) is 20.5 Å². The molecule has 1 saturated carbocycles. The SMILES string of the molecule is CC(C)(C)C(=O)Nc1ccc(NC(=O)[C@@H]2CCCN2/N=C/c2ccc(OC(F)F)c(OCC3CC3)c2)cc1. The predicted octanol–water partition coefficient (Wildman–Crippen LogP) is 5.50. The molecule has 1 heterocycles. The average molecular weight is 529 g/mol. The molecule has 2 aliphatic rings. The number of halogens is 2. The lowest BCUT2D eigenvalue weighted by molar-refractivity contribution is -0.123. The van der Waals surface area contributed by atoms with Crippen LogP contribution in [0.3, 0.4) is 0 Å². The molecule has 1 aliphatic heterocycles. The molecule has 2 fully saturated rings. The van der Waals surface area contributed by atoms with Gasteiger partial charge in [-0.1, -0.05) is 20.8 Å². The standard InChI is InChI=1S/C28H34F2N4O4/c1-28(2,3)26(36)33-21-11-9-20(10-12-21)32-25(35)22-5-4-14-34(22)31-16-19-8-13-23(38-27(29)30)24(15-19)37-17-18-6-7-18/h8-13,15-16,18,22,27H,4-7,14,17H2,1-3H3,(H,32,35)(H,33,36)/b31-16+/t22-/m0/s1. The summed E-state index contributed by atoms with van der Waals surface area (Å²) >= 11 is 0. The molecule has 38 heavy (non-hydrogen) atoms. The lowest BCUT2D eigenvalue weighted by Crippen LogP contribution is -2.36. The summed E-state index contributed by atoms with van der Waals surface area (Å²) in [7, 11) is 0. The monoisotopic (exact) mass is 528 g/mol. The summed E-state index contributed by atoms with van der Waals surface area (Å²) in [4.78, 5) is 25.2. The van der Waals surface area contributed by atoms with E-state index in [0.717, 1.165) is 19.3 Å². The maximum absolute atomic E-state index is 13.0. The molecular formula is C28H34F2N4O4. The normalized spacial score (nSPS) is 17.6. The van der Waals surface area contributed by atoms with Crippen molar-refractivity contribution in [2.24, 2.45) is 16.4 Å². The van der Waals surface area contributed by atoms with Crippen LogP contribution in [0.25, 0.3) is 0 Å². The summed E-state index contributed by atoms with van der Waals surface area (Å²) in [5.74, 6) is 0.417. The van der Waals surface area contributed by atoms with Gasteiger partial charge in [-0.05, 0) is 79.6 Å². The van der Waals surface area contributed by atoms with Crippen molar-refractivity contribution in [1.29, 1.82) is 0 Å². The molecule has 4 rings (SSSR count). The van der Waals surface area contributed by atoms with Gasteiger partial charge in [0.1, 0.15) is 6.04 Å². The average Bonchev–Trinajstić information content (AvgIpc) is 3.57. The van der Waals surface area contributed by atoms with Crippen molar-refractivity contribution < 1.29 is 27.8 Å². The van der Waals surface area contributed by atoms with Crippen molar-refractivity contribution >= 4 is 29.4 Å². The van der Waals surface area contributed by atoms with Crippen molar-refractivity contribution in [3.05, 3.63) is 48.0 Å². The fourth-order valence-electron chi connectivity index (χ4n) is 3.88. The van der Waals surface area contributed by atoms with Crippen molar-refractivity contribution in [3.8, 4) is 11.5 Å². The van der Waals surface area contributed by atoms with E-state index in [0.29, 0.717) is 42.4 Å². The number of alkyl halides is 2. The minimum atomic E-state index is -2.94. The van der Waals surface area contributed by atoms with Crippen molar-refractivity contribution in [2.45, 2.75) is 59.1 Å². The fourth-order valence-corrected chi connectivity index (χ4v) is 3.88. The smallest absolute Gasteiger partial charge is 0.387 e. The molecule has 0 radical (unpaired) electrons. The van der Waals surface area contributed by atoms with Gasteiger partial charge in [0.2, 0.25) is 11.8 Å². The molecule has 0 spiro atoms. The van der Waals surface area contributed by atoms with E-state index in [4.69, 9.17) is 4.74 Å². The van der Waals surface area contributed by atoms with E-state index in [1.165, 1.54) is 6.07 Å². The molecule has 0 aromatic heterocycles. The van der Waals surface area contributed by atoms with Gasteiger partial charge in [-0.2, -0.15) is 13.9 Å². The number of nitrogens with zero attached hydrogens (tertiary/aromatic N) is 2. The summed E-state index contributed by atoms with van der Waals surface area (Å²) < 4.78 is 35.9. The summed E-state index contributed by atoms with van der Waals surface area (Å²) in [5, 5.41) is 12.0. The molecule has 2 amide bonds. The first-order chi connectivity index (χ1) is 18.1. The quantitative estimate of drug-likeness (QED) is 0.398. The second-order valence-electron chi connectivity index (χ2n) is 10.7. The van der Waals surface area contributed by atoms with Crippen LogP contribution in [0.15, 0.2) is 47.6 Å². The largest absolute Gasteiger partial charge is 0.489 e. The molecule has 10 heteroatoms. The number of nitrogens with one attached hydrogen (secondary N) is 2. The summed E-state index contributed by atoms with van der Waals surface area (Å²) in [6, 6.07) is 11.2. The topological polar surface area (TPSA) is 92.3 Å². The van der Waals surface area contributed by atoms with Crippen LogP contribution >= 0.6 is 0 Å². The Morgan fingerprint density at radius 3 is 2.37 bits per heavy atom. The van der Waals surface area contributed by atoms with Crippen LogP contribution in [0, 0.1) is 11.3 Å². The van der Waals surface area contributed by atoms with E-state index in [1.807, 2.05) is 20.8 Å².